The number of rotatable bonds is 3. The van der Waals surface area contributed by atoms with E-state index in [1.54, 1.807) is 0 Å². The fraction of sp³-hybridized carbons (Fsp3) is 0.545. The molecule has 1 aromatic carbocycles. The van der Waals surface area contributed by atoms with Gasteiger partial charge in [0.1, 0.15) is 5.69 Å². The van der Waals surface area contributed by atoms with E-state index < -0.39 is 0 Å². The molecule has 2 aromatic rings. The number of hydrogen-bond acceptors (Lipinski definition) is 3. The summed E-state index contributed by atoms with van der Waals surface area (Å²) in [5, 5.41) is 4.73. The smallest absolute Gasteiger partial charge is 0.276 e. The molecular weight excluding hydrogens is 336 g/mol. The number of amides is 1. The first-order valence-electron chi connectivity index (χ1n) is 10.3. The van der Waals surface area contributed by atoms with Crippen molar-refractivity contribution in [1.82, 2.24) is 14.7 Å². The van der Waals surface area contributed by atoms with Gasteiger partial charge < -0.3 is 9.80 Å². The average molecular weight is 364 g/mol. The highest BCUT2D eigenvalue weighted by Gasteiger charge is 2.45. The van der Waals surface area contributed by atoms with Crippen LogP contribution in [0, 0.1) is 6.92 Å². The van der Waals surface area contributed by atoms with Gasteiger partial charge in [-0.05, 0) is 64.4 Å². The summed E-state index contributed by atoms with van der Waals surface area (Å²) < 4.78 is 1.91. The van der Waals surface area contributed by atoms with Crippen molar-refractivity contribution in [3.8, 4) is 0 Å². The van der Waals surface area contributed by atoms with Gasteiger partial charge in [0.25, 0.3) is 5.91 Å². The normalized spacial score (nSPS) is 24.8. The number of likely N-dealkylation sites (tertiary alicyclic amines) is 1. The van der Waals surface area contributed by atoms with Crippen LogP contribution in [-0.2, 0) is 6.54 Å². The molecule has 2 atom stereocenters. The van der Waals surface area contributed by atoms with Crippen LogP contribution in [0.25, 0.3) is 0 Å². The highest BCUT2D eigenvalue weighted by atomic mass is 16.2. The highest BCUT2D eigenvalue weighted by Crippen LogP contribution is 2.46. The molecule has 3 heterocycles. The molecule has 5 rings (SSSR count). The van der Waals surface area contributed by atoms with Gasteiger partial charge in [0.05, 0.1) is 5.69 Å². The van der Waals surface area contributed by atoms with Gasteiger partial charge in [-0.25, -0.2) is 0 Å². The Labute approximate surface area is 161 Å². The van der Waals surface area contributed by atoms with Crippen LogP contribution in [0.3, 0.4) is 0 Å². The third-order valence-corrected chi connectivity index (χ3v) is 6.49. The number of aryl methyl sites for hydroxylation is 2. The first-order valence-corrected chi connectivity index (χ1v) is 10.3. The molecule has 5 nitrogen and oxygen atoms in total. The van der Waals surface area contributed by atoms with Gasteiger partial charge in [0.2, 0.25) is 0 Å². The van der Waals surface area contributed by atoms with Crippen LogP contribution in [-0.4, -0.2) is 46.8 Å². The standard InChI is InChI=1S/C22H28N4O/c1-4-25-21(12-18(23-25)15-6-7-15)22(27)26-19-8-5-14(2)11-16(19)17-13-24(3)10-9-20(17)26/h5,8,11-12,15,17,20H,4,6-7,9-10,13H2,1-3H3/t17-,20+/m0/s1. The van der Waals surface area contributed by atoms with Crippen molar-refractivity contribution in [2.45, 2.75) is 57.5 Å². The molecule has 27 heavy (non-hydrogen) atoms. The summed E-state index contributed by atoms with van der Waals surface area (Å²) in [5.41, 5.74) is 5.57. The zero-order chi connectivity index (χ0) is 18.7. The van der Waals surface area contributed by atoms with E-state index in [1.165, 1.54) is 24.0 Å². The number of carbonyl (C=O) groups is 1. The first-order chi connectivity index (χ1) is 13.1. The molecule has 1 aliphatic carbocycles. The second-order valence-electron chi connectivity index (χ2n) is 8.51. The number of fused-ring (bicyclic) bond motifs is 3. The number of aromatic nitrogens is 2. The lowest BCUT2D eigenvalue weighted by Crippen LogP contribution is -2.47. The summed E-state index contributed by atoms with van der Waals surface area (Å²) in [6.45, 7) is 7.00. The Bertz CT molecular complexity index is 898. The summed E-state index contributed by atoms with van der Waals surface area (Å²) >= 11 is 0. The molecule has 1 amide bonds. The summed E-state index contributed by atoms with van der Waals surface area (Å²) in [5.74, 6) is 1.09. The number of hydrogen-bond donors (Lipinski definition) is 0. The SMILES string of the molecule is CCn1nc(C2CC2)cc1C(=O)N1c2ccc(C)cc2[C@@H]2CN(C)CC[C@H]21. The van der Waals surface area contributed by atoms with Crippen molar-refractivity contribution in [2.75, 3.05) is 25.0 Å². The van der Waals surface area contributed by atoms with Crippen LogP contribution >= 0.6 is 0 Å². The average Bonchev–Trinajstić information content (AvgIpc) is 3.34. The number of piperidine rings is 1. The Morgan fingerprint density at radius 1 is 1.22 bits per heavy atom. The van der Waals surface area contributed by atoms with Crippen LogP contribution in [0.5, 0.6) is 0 Å². The maximum Gasteiger partial charge on any atom is 0.276 e. The first kappa shape index (κ1) is 17.0. The van der Waals surface area contributed by atoms with E-state index >= 15 is 0 Å². The number of likely N-dealkylation sites (N-methyl/N-ethyl adjacent to an activating group) is 1. The highest BCUT2D eigenvalue weighted by molar-refractivity contribution is 6.07. The minimum absolute atomic E-state index is 0.124. The monoisotopic (exact) mass is 364 g/mol. The lowest BCUT2D eigenvalue weighted by molar-refractivity contribution is 0.0954. The van der Waals surface area contributed by atoms with E-state index in [2.05, 4.69) is 55.0 Å². The second kappa shape index (κ2) is 6.20. The largest absolute Gasteiger partial charge is 0.306 e. The van der Waals surface area contributed by atoms with Gasteiger partial charge in [-0.1, -0.05) is 17.7 Å². The number of anilines is 1. The van der Waals surface area contributed by atoms with Crippen molar-refractivity contribution in [1.29, 1.82) is 0 Å². The van der Waals surface area contributed by atoms with E-state index in [1.807, 2.05) is 4.68 Å². The molecule has 1 saturated heterocycles. The molecule has 0 bridgehead atoms. The molecule has 2 fully saturated rings. The van der Waals surface area contributed by atoms with Crippen molar-refractivity contribution in [3.63, 3.8) is 0 Å². The molecular formula is C22H28N4O. The zero-order valence-electron chi connectivity index (χ0n) is 16.5. The predicted molar refractivity (Wildman–Crippen MR) is 107 cm³/mol. The van der Waals surface area contributed by atoms with E-state index in [4.69, 9.17) is 5.10 Å². The van der Waals surface area contributed by atoms with Crippen LogP contribution in [0.1, 0.15) is 65.3 Å². The molecule has 0 radical (unpaired) electrons. The van der Waals surface area contributed by atoms with Crippen LogP contribution in [0.15, 0.2) is 24.3 Å². The van der Waals surface area contributed by atoms with Crippen LogP contribution in [0.4, 0.5) is 5.69 Å². The van der Waals surface area contributed by atoms with Gasteiger partial charge in [0.15, 0.2) is 0 Å². The van der Waals surface area contributed by atoms with Crippen molar-refractivity contribution in [3.05, 3.63) is 46.8 Å². The summed E-state index contributed by atoms with van der Waals surface area (Å²) in [4.78, 5) is 18.2. The lowest BCUT2D eigenvalue weighted by Gasteiger charge is -2.36. The second-order valence-corrected chi connectivity index (χ2v) is 8.51. The Hall–Kier alpha value is -2.14. The topological polar surface area (TPSA) is 41.4 Å². The third kappa shape index (κ3) is 2.71. The van der Waals surface area contributed by atoms with Gasteiger partial charge in [-0.3, -0.25) is 9.48 Å². The van der Waals surface area contributed by atoms with E-state index in [0.29, 0.717) is 11.8 Å². The molecule has 3 aliphatic rings. The summed E-state index contributed by atoms with van der Waals surface area (Å²) in [6, 6.07) is 8.88. The van der Waals surface area contributed by atoms with Crippen LogP contribution in [0.2, 0.25) is 0 Å². The fourth-order valence-corrected chi connectivity index (χ4v) is 4.90. The number of carbonyl (C=O) groups excluding carboxylic acids is 1. The van der Waals surface area contributed by atoms with Gasteiger partial charge >= 0.3 is 0 Å². The van der Waals surface area contributed by atoms with E-state index in [0.717, 1.165) is 43.1 Å². The Morgan fingerprint density at radius 3 is 2.78 bits per heavy atom. The summed E-state index contributed by atoms with van der Waals surface area (Å²) in [7, 11) is 2.18. The van der Waals surface area contributed by atoms with Crippen molar-refractivity contribution in [2.24, 2.45) is 0 Å². The van der Waals surface area contributed by atoms with Gasteiger partial charge in [0, 0.05) is 36.7 Å². The number of benzene rings is 1. The predicted octanol–water partition coefficient (Wildman–Crippen LogP) is 3.54. The Balaban J connectivity index is 1.57. The zero-order valence-corrected chi connectivity index (χ0v) is 16.5. The van der Waals surface area contributed by atoms with Crippen molar-refractivity contribution >= 4 is 11.6 Å². The van der Waals surface area contributed by atoms with E-state index in [-0.39, 0.29) is 11.9 Å². The van der Waals surface area contributed by atoms with Crippen molar-refractivity contribution < 1.29 is 4.79 Å². The molecule has 0 unspecified atom stereocenters. The maximum atomic E-state index is 13.7. The molecule has 2 aliphatic heterocycles. The quantitative estimate of drug-likeness (QED) is 0.836. The number of nitrogens with zero attached hydrogens (tertiary/aromatic N) is 4. The van der Waals surface area contributed by atoms with Crippen LogP contribution < -0.4 is 4.90 Å². The molecule has 0 spiro atoms. The Morgan fingerprint density at radius 2 is 2.04 bits per heavy atom. The Kier molecular flexibility index (Phi) is 3.90. The van der Waals surface area contributed by atoms with E-state index in [9.17, 15) is 4.79 Å². The fourth-order valence-electron chi connectivity index (χ4n) is 4.90. The third-order valence-electron chi connectivity index (χ3n) is 6.49. The molecule has 1 saturated carbocycles. The summed E-state index contributed by atoms with van der Waals surface area (Å²) in [6.07, 6.45) is 3.44. The van der Waals surface area contributed by atoms with Gasteiger partial charge in [-0.2, -0.15) is 5.10 Å². The van der Waals surface area contributed by atoms with Gasteiger partial charge in [-0.15, -0.1) is 0 Å². The molecule has 0 N–H and O–H groups in total. The molecule has 5 heteroatoms. The lowest BCUT2D eigenvalue weighted by atomic mass is 9.89. The maximum absolute atomic E-state index is 13.7. The minimum Gasteiger partial charge on any atom is -0.306 e. The minimum atomic E-state index is 0.124. The molecule has 1 aromatic heterocycles. The molecule has 142 valence electrons.